The standard InChI is InChI=1S/C15H17BrN2O4/c1-9(2)8-21-13-7-17-10(5-11(13)19)6-18-15(20)12-3-4-14(16)22-12/h3-5,7,9H,6,8H2,1-2H3,(H,17,19)(H,18,20). The van der Waals surface area contributed by atoms with Gasteiger partial charge in [0, 0.05) is 18.0 Å². The molecule has 0 fully saturated rings. The number of carbonyl (C=O) groups excluding carboxylic acids is 1. The van der Waals surface area contributed by atoms with E-state index >= 15 is 0 Å². The number of aromatic nitrogens is 1. The Morgan fingerprint density at radius 2 is 2.23 bits per heavy atom. The van der Waals surface area contributed by atoms with Crippen molar-refractivity contribution >= 4 is 21.8 Å². The van der Waals surface area contributed by atoms with Crippen molar-refractivity contribution in [1.29, 1.82) is 0 Å². The first-order valence-electron chi connectivity index (χ1n) is 6.83. The quantitative estimate of drug-likeness (QED) is 0.820. The largest absolute Gasteiger partial charge is 0.488 e. The van der Waals surface area contributed by atoms with Crippen LogP contribution < -0.4 is 15.5 Å². The summed E-state index contributed by atoms with van der Waals surface area (Å²) in [6.45, 7) is 4.68. The fourth-order valence-corrected chi connectivity index (χ4v) is 1.98. The molecule has 6 nitrogen and oxygen atoms in total. The van der Waals surface area contributed by atoms with E-state index in [4.69, 9.17) is 9.15 Å². The summed E-state index contributed by atoms with van der Waals surface area (Å²) < 4.78 is 11.0. The van der Waals surface area contributed by atoms with Gasteiger partial charge in [0.05, 0.1) is 13.2 Å². The molecule has 0 aliphatic rings. The maximum Gasteiger partial charge on any atom is 0.287 e. The van der Waals surface area contributed by atoms with Gasteiger partial charge in [0.2, 0.25) is 5.43 Å². The summed E-state index contributed by atoms with van der Waals surface area (Å²) in [5.41, 5.74) is 0.366. The van der Waals surface area contributed by atoms with Gasteiger partial charge in [-0.2, -0.15) is 0 Å². The van der Waals surface area contributed by atoms with Crippen LogP contribution in [0.5, 0.6) is 5.75 Å². The van der Waals surface area contributed by atoms with Crippen LogP contribution >= 0.6 is 15.9 Å². The van der Waals surface area contributed by atoms with Gasteiger partial charge in [0.25, 0.3) is 5.91 Å². The second-order valence-electron chi connectivity index (χ2n) is 5.18. The summed E-state index contributed by atoms with van der Waals surface area (Å²) in [7, 11) is 0. The van der Waals surface area contributed by atoms with Crippen molar-refractivity contribution in [3.05, 3.63) is 50.7 Å². The first-order valence-corrected chi connectivity index (χ1v) is 7.63. The molecule has 0 aromatic carbocycles. The van der Waals surface area contributed by atoms with Crippen molar-refractivity contribution in [3.63, 3.8) is 0 Å². The van der Waals surface area contributed by atoms with E-state index in [0.29, 0.717) is 22.9 Å². The van der Waals surface area contributed by atoms with Gasteiger partial charge in [-0.05, 0) is 34.0 Å². The summed E-state index contributed by atoms with van der Waals surface area (Å²) in [6, 6.07) is 4.61. The number of halogens is 1. The van der Waals surface area contributed by atoms with Crippen LogP contribution in [0.3, 0.4) is 0 Å². The van der Waals surface area contributed by atoms with Crippen molar-refractivity contribution < 1.29 is 13.9 Å². The molecule has 2 aromatic heterocycles. The normalized spacial score (nSPS) is 10.7. The molecular formula is C15H17BrN2O4. The topological polar surface area (TPSA) is 84.3 Å². The molecule has 7 heteroatoms. The zero-order valence-electron chi connectivity index (χ0n) is 12.3. The molecule has 22 heavy (non-hydrogen) atoms. The van der Waals surface area contributed by atoms with Crippen LogP contribution in [0.4, 0.5) is 0 Å². The Kier molecular flexibility index (Phi) is 5.43. The van der Waals surface area contributed by atoms with Crippen LogP contribution in [0.2, 0.25) is 0 Å². The minimum Gasteiger partial charge on any atom is -0.488 e. The van der Waals surface area contributed by atoms with Crippen molar-refractivity contribution in [2.24, 2.45) is 5.92 Å². The van der Waals surface area contributed by atoms with Gasteiger partial charge in [-0.3, -0.25) is 9.59 Å². The number of hydrogen-bond acceptors (Lipinski definition) is 4. The smallest absolute Gasteiger partial charge is 0.287 e. The lowest BCUT2D eigenvalue weighted by Gasteiger charge is -2.09. The second kappa shape index (κ2) is 7.31. The fraction of sp³-hybridized carbons (Fsp3) is 0.333. The predicted molar refractivity (Wildman–Crippen MR) is 85.0 cm³/mol. The molecule has 118 valence electrons. The Morgan fingerprint density at radius 1 is 1.45 bits per heavy atom. The van der Waals surface area contributed by atoms with Crippen LogP contribution in [0.25, 0.3) is 0 Å². The molecule has 0 unspecified atom stereocenters. The monoisotopic (exact) mass is 368 g/mol. The number of aromatic amines is 1. The number of nitrogens with one attached hydrogen (secondary N) is 2. The first-order chi connectivity index (χ1) is 10.5. The van der Waals surface area contributed by atoms with Gasteiger partial charge in [0.15, 0.2) is 16.2 Å². The van der Waals surface area contributed by atoms with Gasteiger partial charge >= 0.3 is 0 Å². The zero-order valence-corrected chi connectivity index (χ0v) is 13.9. The lowest BCUT2D eigenvalue weighted by Crippen LogP contribution is -2.23. The number of furan rings is 1. The van der Waals surface area contributed by atoms with Crippen LogP contribution in [-0.2, 0) is 6.54 Å². The molecule has 0 bridgehead atoms. The third kappa shape index (κ3) is 4.49. The van der Waals surface area contributed by atoms with E-state index < -0.39 is 0 Å². The van der Waals surface area contributed by atoms with Gasteiger partial charge in [-0.25, -0.2) is 0 Å². The molecule has 0 spiro atoms. The molecule has 2 rings (SSSR count). The summed E-state index contributed by atoms with van der Waals surface area (Å²) >= 11 is 3.13. The average Bonchev–Trinajstić information content (AvgIpc) is 2.90. The Labute approximate surface area is 136 Å². The van der Waals surface area contributed by atoms with Crippen LogP contribution in [-0.4, -0.2) is 17.5 Å². The molecule has 0 radical (unpaired) electrons. The van der Waals surface area contributed by atoms with Gasteiger partial charge in [-0.1, -0.05) is 13.8 Å². The molecule has 0 saturated carbocycles. The molecule has 0 aliphatic heterocycles. The molecule has 2 aromatic rings. The van der Waals surface area contributed by atoms with Gasteiger partial charge in [-0.15, -0.1) is 0 Å². The highest BCUT2D eigenvalue weighted by Crippen LogP contribution is 2.13. The zero-order chi connectivity index (χ0) is 16.1. The number of pyridine rings is 1. The molecule has 0 saturated heterocycles. The molecular weight excluding hydrogens is 352 g/mol. The maximum atomic E-state index is 11.9. The Hall–Kier alpha value is -2.02. The van der Waals surface area contributed by atoms with E-state index in [1.807, 2.05) is 13.8 Å². The van der Waals surface area contributed by atoms with Crippen molar-refractivity contribution in [1.82, 2.24) is 10.3 Å². The van der Waals surface area contributed by atoms with Gasteiger partial charge < -0.3 is 19.5 Å². The highest BCUT2D eigenvalue weighted by molar-refractivity contribution is 9.10. The number of hydrogen-bond donors (Lipinski definition) is 2. The second-order valence-corrected chi connectivity index (χ2v) is 5.96. The molecule has 1 amide bonds. The summed E-state index contributed by atoms with van der Waals surface area (Å²) in [5.74, 6) is 0.461. The Bertz CT molecular complexity index is 706. The fourth-order valence-electron chi connectivity index (χ4n) is 1.67. The summed E-state index contributed by atoms with van der Waals surface area (Å²) in [5, 5.41) is 2.66. The van der Waals surface area contributed by atoms with Crippen molar-refractivity contribution in [2.75, 3.05) is 6.61 Å². The minimum absolute atomic E-state index is 0.191. The van der Waals surface area contributed by atoms with E-state index in [1.54, 1.807) is 12.1 Å². The van der Waals surface area contributed by atoms with Crippen molar-refractivity contribution in [3.8, 4) is 5.75 Å². The number of carbonyl (C=O) groups is 1. The summed E-state index contributed by atoms with van der Waals surface area (Å²) in [4.78, 5) is 26.6. The highest BCUT2D eigenvalue weighted by Gasteiger charge is 2.10. The Morgan fingerprint density at radius 3 is 2.82 bits per heavy atom. The van der Waals surface area contributed by atoms with Gasteiger partial charge in [0.1, 0.15) is 0 Å². The number of rotatable bonds is 6. The maximum absolute atomic E-state index is 11.9. The predicted octanol–water partition coefficient (Wildman–Crippen LogP) is 2.70. The molecule has 0 atom stereocenters. The number of ether oxygens (including phenoxy) is 1. The van der Waals surface area contributed by atoms with Crippen molar-refractivity contribution in [2.45, 2.75) is 20.4 Å². The summed E-state index contributed by atoms with van der Waals surface area (Å²) in [6.07, 6.45) is 1.51. The van der Waals surface area contributed by atoms with E-state index in [1.165, 1.54) is 12.3 Å². The Balaban J connectivity index is 1.95. The van der Waals surface area contributed by atoms with Crippen LogP contribution in [0, 0.1) is 5.92 Å². The van der Waals surface area contributed by atoms with E-state index in [9.17, 15) is 9.59 Å². The first kappa shape index (κ1) is 16.4. The van der Waals surface area contributed by atoms with E-state index in [0.717, 1.165) is 0 Å². The third-order valence-corrected chi connectivity index (χ3v) is 3.17. The van der Waals surface area contributed by atoms with Crippen LogP contribution in [0.1, 0.15) is 30.1 Å². The average molecular weight is 369 g/mol. The van der Waals surface area contributed by atoms with E-state index in [2.05, 4.69) is 26.2 Å². The molecule has 0 aliphatic carbocycles. The third-order valence-electron chi connectivity index (χ3n) is 2.75. The van der Waals surface area contributed by atoms with E-state index in [-0.39, 0.29) is 29.4 Å². The minimum atomic E-state index is -0.355. The lowest BCUT2D eigenvalue weighted by molar-refractivity contribution is 0.0921. The number of H-pyrrole nitrogens is 1. The SMILES string of the molecule is CC(C)COc1c[nH]c(CNC(=O)c2ccc(Br)o2)cc1=O. The highest BCUT2D eigenvalue weighted by atomic mass is 79.9. The molecule has 2 N–H and O–H groups in total. The van der Waals surface area contributed by atoms with Crippen LogP contribution in [0.15, 0.2) is 38.3 Å². The lowest BCUT2D eigenvalue weighted by atomic mass is 10.2. The molecule has 2 heterocycles. The number of amides is 1.